The van der Waals surface area contributed by atoms with Crippen molar-refractivity contribution in [2.24, 2.45) is 10.9 Å². The Hall–Kier alpha value is -1.57. The monoisotopic (exact) mass is 329 g/mol. The van der Waals surface area contributed by atoms with E-state index in [1.807, 2.05) is 19.0 Å². The van der Waals surface area contributed by atoms with E-state index in [1.54, 1.807) is 7.05 Å². The molecule has 0 spiro atoms. The second-order valence-corrected chi connectivity index (χ2v) is 6.65. The Morgan fingerprint density at radius 3 is 2.68 bits per heavy atom. The molecule has 6 nitrogen and oxygen atoms in total. The predicted molar refractivity (Wildman–Crippen MR) is 83.5 cm³/mol. The Morgan fingerprint density at radius 1 is 1.59 bits per heavy atom. The number of aliphatic imine (C=N–C) groups is 1. The molecule has 2 aliphatic rings. The summed E-state index contributed by atoms with van der Waals surface area (Å²) >= 11 is 1.35. The van der Waals surface area contributed by atoms with Gasteiger partial charge in [-0.15, -0.1) is 11.8 Å². The van der Waals surface area contributed by atoms with Gasteiger partial charge in [-0.25, -0.2) is 9.18 Å². The second-order valence-electron chi connectivity index (χ2n) is 5.58. The summed E-state index contributed by atoms with van der Waals surface area (Å²) < 4.78 is 13.5. The molecule has 0 aromatic heterocycles. The van der Waals surface area contributed by atoms with Crippen molar-refractivity contribution in [3.63, 3.8) is 0 Å². The van der Waals surface area contributed by atoms with Gasteiger partial charge in [0.2, 0.25) is 5.91 Å². The van der Waals surface area contributed by atoms with Crippen LogP contribution in [0.25, 0.3) is 0 Å². The Bertz CT molecular complexity index is 560. The number of aliphatic carboxylic acids is 1. The first-order chi connectivity index (χ1) is 10.3. The highest BCUT2D eigenvalue weighted by molar-refractivity contribution is 8.03. The summed E-state index contributed by atoms with van der Waals surface area (Å²) in [7, 11) is 5.40. The van der Waals surface area contributed by atoms with Gasteiger partial charge < -0.3 is 14.9 Å². The van der Waals surface area contributed by atoms with Gasteiger partial charge in [-0.3, -0.25) is 9.79 Å². The highest BCUT2D eigenvalue weighted by atomic mass is 32.2. The molecule has 0 bridgehead atoms. The number of β-lactam (4-membered cyclic amide) rings is 1. The van der Waals surface area contributed by atoms with Gasteiger partial charge in [-0.2, -0.15) is 0 Å². The van der Waals surface area contributed by atoms with Gasteiger partial charge in [0, 0.05) is 32.5 Å². The zero-order chi connectivity index (χ0) is 16.6. The molecule has 2 rings (SSSR count). The van der Waals surface area contributed by atoms with Crippen LogP contribution in [0.3, 0.4) is 0 Å². The Balaban J connectivity index is 2.17. The third-order valence-corrected chi connectivity index (χ3v) is 5.13. The second kappa shape index (κ2) is 6.28. The van der Waals surface area contributed by atoms with Gasteiger partial charge in [-0.05, 0) is 6.92 Å². The number of hydrogen-bond acceptors (Lipinski definition) is 4. The summed E-state index contributed by atoms with van der Waals surface area (Å²) in [5.41, 5.74) is 0.00566. The quantitative estimate of drug-likeness (QED) is 0.466. The van der Waals surface area contributed by atoms with Gasteiger partial charge in [0.05, 0.1) is 17.7 Å². The largest absolute Gasteiger partial charge is 0.477 e. The highest BCUT2D eigenvalue weighted by Crippen LogP contribution is 2.47. The number of alkyl halides is 1. The van der Waals surface area contributed by atoms with Crippen LogP contribution in [-0.4, -0.2) is 71.7 Å². The molecule has 0 aromatic rings. The van der Waals surface area contributed by atoms with Crippen molar-refractivity contribution >= 4 is 29.5 Å². The minimum absolute atomic E-state index is 0.00566. The van der Waals surface area contributed by atoms with Crippen molar-refractivity contribution in [2.75, 3.05) is 26.9 Å². The number of thioether (sulfide) groups is 1. The topological polar surface area (TPSA) is 73.2 Å². The third-order valence-electron chi connectivity index (χ3n) is 4.02. The summed E-state index contributed by atoms with van der Waals surface area (Å²) in [5, 5.41) is 9.38. The van der Waals surface area contributed by atoms with Crippen molar-refractivity contribution in [1.82, 2.24) is 9.80 Å². The van der Waals surface area contributed by atoms with Crippen molar-refractivity contribution < 1.29 is 19.1 Å². The molecular formula is C14H20FN3O3S. The number of amides is 1. The minimum Gasteiger partial charge on any atom is -0.477 e. The lowest BCUT2D eigenvalue weighted by Gasteiger charge is -2.43. The molecule has 1 fully saturated rings. The van der Waals surface area contributed by atoms with E-state index >= 15 is 0 Å². The summed E-state index contributed by atoms with van der Waals surface area (Å²) in [6, 6.07) is -0.359. The molecule has 3 atom stereocenters. The number of fused-ring (bicyclic) bond motifs is 1. The smallest absolute Gasteiger partial charge is 0.353 e. The van der Waals surface area contributed by atoms with E-state index in [0.29, 0.717) is 17.1 Å². The number of hydrogen-bond donors (Lipinski definition) is 1. The third kappa shape index (κ3) is 2.71. The number of halogens is 1. The number of carboxylic acids is 1. The molecule has 0 radical (unpaired) electrons. The fourth-order valence-electron chi connectivity index (χ4n) is 2.88. The first-order valence-electron chi connectivity index (χ1n) is 6.99. The number of nitrogens with zero attached hydrogens (tertiary/aromatic N) is 3. The summed E-state index contributed by atoms with van der Waals surface area (Å²) in [6.07, 6.45) is -0.857. The molecule has 2 aliphatic heterocycles. The summed E-state index contributed by atoms with van der Waals surface area (Å²) in [5.74, 6) is -0.952. The van der Waals surface area contributed by atoms with E-state index in [-0.39, 0.29) is 11.7 Å². The maximum Gasteiger partial charge on any atom is 0.353 e. The normalized spacial score (nSPS) is 26.0. The van der Waals surface area contributed by atoms with Crippen LogP contribution >= 0.6 is 11.8 Å². The van der Waals surface area contributed by atoms with Crippen molar-refractivity contribution in [1.29, 1.82) is 0 Å². The molecule has 2 heterocycles. The molecule has 8 heteroatoms. The molecule has 0 aromatic carbocycles. The van der Waals surface area contributed by atoms with E-state index in [2.05, 4.69) is 4.99 Å². The molecule has 22 heavy (non-hydrogen) atoms. The van der Waals surface area contributed by atoms with Crippen LogP contribution in [0.2, 0.25) is 0 Å². The van der Waals surface area contributed by atoms with Crippen molar-refractivity contribution in [2.45, 2.75) is 25.6 Å². The van der Waals surface area contributed by atoms with Gasteiger partial charge in [0.1, 0.15) is 17.7 Å². The van der Waals surface area contributed by atoms with E-state index in [1.165, 1.54) is 23.6 Å². The van der Waals surface area contributed by atoms with Crippen LogP contribution < -0.4 is 0 Å². The fourth-order valence-corrected chi connectivity index (χ4v) is 4.18. The highest BCUT2D eigenvalue weighted by Gasteiger charge is 2.57. The number of carbonyl (C=O) groups excluding carboxylic acids is 1. The SMILES string of the molecule is CN=C(CSC1=C(C(=O)O)N2C(=O)C(C(C)F)C2C1)N(C)C. The Morgan fingerprint density at radius 2 is 2.23 bits per heavy atom. The molecule has 1 N–H and O–H groups in total. The maximum atomic E-state index is 13.5. The number of amidine groups is 1. The van der Waals surface area contributed by atoms with Gasteiger partial charge in [0.25, 0.3) is 0 Å². The van der Waals surface area contributed by atoms with Crippen LogP contribution in [0.1, 0.15) is 13.3 Å². The fraction of sp³-hybridized carbons (Fsp3) is 0.643. The zero-order valence-electron chi connectivity index (χ0n) is 13.0. The van der Waals surface area contributed by atoms with Crippen LogP contribution in [0.15, 0.2) is 15.6 Å². The van der Waals surface area contributed by atoms with Crippen LogP contribution in [0, 0.1) is 5.92 Å². The molecule has 0 saturated carbocycles. The molecular weight excluding hydrogens is 309 g/mol. The van der Waals surface area contributed by atoms with Crippen LogP contribution in [-0.2, 0) is 9.59 Å². The lowest BCUT2D eigenvalue weighted by Crippen LogP contribution is -2.61. The van der Waals surface area contributed by atoms with Gasteiger partial charge in [0.15, 0.2) is 0 Å². The summed E-state index contributed by atoms with van der Waals surface area (Å²) in [4.78, 5) is 31.3. The first-order valence-corrected chi connectivity index (χ1v) is 7.97. The van der Waals surface area contributed by atoms with Crippen LogP contribution in [0.4, 0.5) is 4.39 Å². The Labute approximate surface area is 133 Å². The molecule has 1 amide bonds. The standard InChI is InChI=1S/C14H20FN3O3S/c1-7(15)11-8-5-9(22-6-10(16-2)17(3)4)12(14(20)21)18(8)13(11)19/h7-8,11H,5-6H2,1-4H3,(H,20,21). The lowest BCUT2D eigenvalue weighted by atomic mass is 9.84. The van der Waals surface area contributed by atoms with E-state index in [0.717, 1.165) is 5.84 Å². The molecule has 122 valence electrons. The maximum absolute atomic E-state index is 13.5. The van der Waals surface area contributed by atoms with Crippen molar-refractivity contribution in [3.05, 3.63) is 10.6 Å². The Kier molecular flexibility index (Phi) is 4.79. The number of carbonyl (C=O) groups is 2. The predicted octanol–water partition coefficient (Wildman–Crippen LogP) is 1.19. The van der Waals surface area contributed by atoms with E-state index in [4.69, 9.17) is 0 Å². The molecule has 1 saturated heterocycles. The first kappa shape index (κ1) is 16.8. The average molecular weight is 329 g/mol. The minimum atomic E-state index is -1.26. The van der Waals surface area contributed by atoms with Crippen molar-refractivity contribution in [3.8, 4) is 0 Å². The molecule has 0 aliphatic carbocycles. The van der Waals surface area contributed by atoms with Gasteiger partial charge >= 0.3 is 5.97 Å². The van der Waals surface area contributed by atoms with Crippen LogP contribution in [0.5, 0.6) is 0 Å². The zero-order valence-corrected chi connectivity index (χ0v) is 13.9. The molecule has 3 unspecified atom stereocenters. The summed E-state index contributed by atoms with van der Waals surface area (Å²) in [6.45, 7) is 1.35. The lowest BCUT2D eigenvalue weighted by molar-refractivity contribution is -0.158. The number of rotatable bonds is 5. The number of carboxylic acid groups (broad SMARTS) is 1. The van der Waals surface area contributed by atoms with E-state index in [9.17, 15) is 19.1 Å². The van der Waals surface area contributed by atoms with E-state index < -0.39 is 24.0 Å². The average Bonchev–Trinajstić information content (AvgIpc) is 2.73. The van der Waals surface area contributed by atoms with Gasteiger partial charge in [-0.1, -0.05) is 0 Å².